The van der Waals surface area contributed by atoms with E-state index in [1.54, 1.807) is 32.3 Å². The minimum atomic E-state index is -0.770. The van der Waals surface area contributed by atoms with Crippen molar-refractivity contribution >= 4 is 10.8 Å². The van der Waals surface area contributed by atoms with Gasteiger partial charge in [0.25, 0.3) is 5.56 Å². The van der Waals surface area contributed by atoms with Crippen LogP contribution in [0.2, 0.25) is 0 Å². The molecule has 34 heavy (non-hydrogen) atoms. The topological polar surface area (TPSA) is 104 Å². The van der Waals surface area contributed by atoms with Gasteiger partial charge in [-0.15, -0.1) is 5.10 Å². The number of fused-ring (bicyclic) bond motifs is 1. The van der Waals surface area contributed by atoms with Crippen LogP contribution in [0.15, 0.2) is 40.2 Å². The number of ether oxygens (including phenoxy) is 1. The van der Waals surface area contributed by atoms with Crippen LogP contribution in [0.25, 0.3) is 22.1 Å². The fraction of sp³-hybridized carbons (Fsp3) is 0.333. The maximum atomic E-state index is 15.3. The molecule has 0 fully saturated rings. The molecular weight excluding hydrogens is 441 g/mol. The van der Waals surface area contributed by atoms with Crippen molar-refractivity contribution in [3.8, 4) is 17.3 Å². The van der Waals surface area contributed by atoms with E-state index in [1.807, 2.05) is 13.8 Å². The molecule has 0 aliphatic heterocycles. The number of rotatable bonds is 6. The summed E-state index contributed by atoms with van der Waals surface area (Å²) in [5.74, 6) is -0.264. The molecule has 4 rings (SSSR count). The Balaban J connectivity index is 2.05. The Morgan fingerprint density at radius 1 is 1.18 bits per heavy atom. The number of hydrogen-bond donors (Lipinski definition) is 1. The number of nitrogens with zero attached hydrogens (tertiary/aromatic N) is 5. The van der Waals surface area contributed by atoms with E-state index in [1.165, 1.54) is 22.3 Å². The van der Waals surface area contributed by atoms with E-state index in [-0.39, 0.29) is 29.4 Å². The zero-order chi connectivity index (χ0) is 24.7. The average Bonchev–Trinajstić information content (AvgIpc) is 3.14. The normalized spacial score (nSPS) is 11.5. The first-order chi connectivity index (χ1) is 16.2. The predicted octanol–water partition coefficient (Wildman–Crippen LogP) is 2.82. The number of halogens is 1. The molecule has 0 aliphatic rings. The van der Waals surface area contributed by atoms with E-state index < -0.39 is 23.7 Å². The smallest absolute Gasteiger partial charge is 0.350 e. The fourth-order valence-corrected chi connectivity index (χ4v) is 4.18. The number of aromatic nitrogens is 5. The molecule has 0 spiro atoms. The molecule has 4 aromatic rings. The van der Waals surface area contributed by atoms with Crippen molar-refractivity contribution in [2.45, 2.75) is 46.8 Å². The average molecular weight is 468 g/mol. The molecule has 10 heteroatoms. The van der Waals surface area contributed by atoms with Crippen LogP contribution in [-0.2, 0) is 13.2 Å². The molecule has 9 nitrogen and oxygen atoms in total. The summed E-state index contributed by atoms with van der Waals surface area (Å²) in [6, 6.07) is 4.31. The highest BCUT2D eigenvalue weighted by molar-refractivity contribution is 5.87. The third-order valence-corrected chi connectivity index (χ3v) is 5.94. The van der Waals surface area contributed by atoms with Crippen LogP contribution in [0.1, 0.15) is 43.6 Å². The van der Waals surface area contributed by atoms with Crippen molar-refractivity contribution in [3.05, 3.63) is 74.2 Å². The molecule has 0 saturated heterocycles. The summed E-state index contributed by atoms with van der Waals surface area (Å²) < 4.78 is 24.3. The summed E-state index contributed by atoms with van der Waals surface area (Å²) in [7, 11) is 1.50. The van der Waals surface area contributed by atoms with E-state index >= 15 is 4.39 Å². The fourth-order valence-electron chi connectivity index (χ4n) is 4.18. The lowest BCUT2D eigenvalue weighted by Gasteiger charge is -2.17. The summed E-state index contributed by atoms with van der Waals surface area (Å²) in [5, 5.41) is 14.3. The number of pyridine rings is 2. The third kappa shape index (κ3) is 3.60. The Labute approximate surface area is 194 Å². The maximum Gasteiger partial charge on any atom is 0.350 e. The standard InChI is InChI=1S/C24H26FN5O4/c1-6-28-21(12-31)27-30(24(28)33)20-10-15-16(9-18(20)25)23(32)29(11-17(15)13(2)3)19-7-8-26-22(34-5)14(19)4/h7-11,13,31H,6,12H2,1-5H3. The van der Waals surface area contributed by atoms with Gasteiger partial charge in [0, 0.05) is 24.5 Å². The van der Waals surface area contributed by atoms with E-state index in [0.29, 0.717) is 22.5 Å². The van der Waals surface area contributed by atoms with Crippen LogP contribution in [0.5, 0.6) is 5.88 Å². The molecule has 0 bridgehead atoms. The molecule has 3 aromatic heterocycles. The Bertz CT molecular complexity index is 1520. The molecule has 0 amide bonds. The van der Waals surface area contributed by atoms with Crippen molar-refractivity contribution in [2.24, 2.45) is 0 Å². The molecular formula is C24H26FN5O4. The monoisotopic (exact) mass is 467 g/mol. The predicted molar refractivity (Wildman–Crippen MR) is 126 cm³/mol. The van der Waals surface area contributed by atoms with Crippen molar-refractivity contribution < 1.29 is 14.2 Å². The maximum absolute atomic E-state index is 15.3. The molecule has 0 radical (unpaired) electrons. The Morgan fingerprint density at radius 3 is 2.50 bits per heavy atom. The molecule has 3 heterocycles. The molecule has 178 valence electrons. The first kappa shape index (κ1) is 23.4. The number of hydrogen-bond acceptors (Lipinski definition) is 6. The zero-order valence-corrected chi connectivity index (χ0v) is 19.7. The van der Waals surface area contributed by atoms with E-state index in [4.69, 9.17) is 4.74 Å². The number of methoxy groups -OCH3 is 1. The lowest BCUT2D eigenvalue weighted by molar-refractivity contribution is 0.264. The minimum Gasteiger partial charge on any atom is -0.481 e. The first-order valence-electron chi connectivity index (χ1n) is 10.9. The van der Waals surface area contributed by atoms with Crippen LogP contribution in [0, 0.1) is 12.7 Å². The van der Waals surface area contributed by atoms with Gasteiger partial charge in [0.2, 0.25) is 5.88 Å². The largest absolute Gasteiger partial charge is 0.481 e. The van der Waals surface area contributed by atoms with Crippen molar-refractivity contribution in [3.63, 3.8) is 0 Å². The lowest BCUT2D eigenvalue weighted by Crippen LogP contribution is -2.25. The molecule has 0 atom stereocenters. The Morgan fingerprint density at radius 2 is 1.91 bits per heavy atom. The minimum absolute atomic E-state index is 0.0189. The van der Waals surface area contributed by atoms with Gasteiger partial charge in [-0.05, 0) is 48.9 Å². The van der Waals surface area contributed by atoms with Gasteiger partial charge < -0.3 is 9.84 Å². The highest BCUT2D eigenvalue weighted by Crippen LogP contribution is 2.29. The van der Waals surface area contributed by atoms with Gasteiger partial charge in [0.1, 0.15) is 18.1 Å². The second kappa shape index (κ2) is 8.86. The lowest BCUT2D eigenvalue weighted by atomic mass is 9.97. The van der Waals surface area contributed by atoms with Crippen LogP contribution in [-0.4, -0.2) is 36.1 Å². The number of benzene rings is 1. The molecule has 1 aromatic carbocycles. The van der Waals surface area contributed by atoms with Gasteiger partial charge >= 0.3 is 5.69 Å². The van der Waals surface area contributed by atoms with E-state index in [0.717, 1.165) is 16.3 Å². The summed E-state index contributed by atoms with van der Waals surface area (Å²) in [4.78, 5) is 30.4. The third-order valence-electron chi connectivity index (χ3n) is 5.94. The van der Waals surface area contributed by atoms with Gasteiger partial charge in [0.15, 0.2) is 5.82 Å². The van der Waals surface area contributed by atoms with Crippen molar-refractivity contribution in [1.82, 2.24) is 23.9 Å². The molecule has 1 N–H and O–H groups in total. The molecule has 0 aliphatic carbocycles. The zero-order valence-electron chi connectivity index (χ0n) is 19.7. The summed E-state index contributed by atoms with van der Waals surface area (Å²) in [6.45, 7) is 7.29. The first-order valence-corrected chi connectivity index (χ1v) is 10.9. The summed E-state index contributed by atoms with van der Waals surface area (Å²) >= 11 is 0. The number of aliphatic hydroxyl groups is 1. The van der Waals surface area contributed by atoms with Gasteiger partial charge in [-0.1, -0.05) is 13.8 Å². The van der Waals surface area contributed by atoms with Gasteiger partial charge in [0.05, 0.1) is 18.2 Å². The van der Waals surface area contributed by atoms with Crippen LogP contribution < -0.4 is 16.0 Å². The van der Waals surface area contributed by atoms with Gasteiger partial charge in [-0.25, -0.2) is 14.2 Å². The molecule has 0 unspecified atom stereocenters. The number of aliphatic hydroxyl groups excluding tert-OH is 1. The van der Waals surface area contributed by atoms with Crippen LogP contribution >= 0.6 is 0 Å². The van der Waals surface area contributed by atoms with Crippen LogP contribution in [0.4, 0.5) is 4.39 Å². The Hall–Kier alpha value is -3.79. The quantitative estimate of drug-likeness (QED) is 0.468. The van der Waals surface area contributed by atoms with E-state index in [2.05, 4.69) is 10.1 Å². The second-order valence-corrected chi connectivity index (χ2v) is 8.24. The van der Waals surface area contributed by atoms with E-state index in [9.17, 15) is 14.7 Å². The van der Waals surface area contributed by atoms with Crippen molar-refractivity contribution in [2.75, 3.05) is 7.11 Å². The highest BCUT2D eigenvalue weighted by atomic mass is 19.1. The van der Waals surface area contributed by atoms with Gasteiger partial charge in [-0.2, -0.15) is 4.68 Å². The van der Waals surface area contributed by atoms with Gasteiger partial charge in [-0.3, -0.25) is 13.9 Å². The Kier molecular flexibility index (Phi) is 6.09. The summed E-state index contributed by atoms with van der Waals surface area (Å²) in [5.41, 5.74) is 0.978. The van der Waals surface area contributed by atoms with Crippen LogP contribution in [0.3, 0.4) is 0 Å². The highest BCUT2D eigenvalue weighted by Gasteiger charge is 2.21. The second-order valence-electron chi connectivity index (χ2n) is 8.24. The SMILES string of the molecule is CCn1c(CO)nn(-c2cc3c(C(C)C)cn(-c4ccnc(OC)c4C)c(=O)c3cc2F)c1=O. The molecule has 0 saturated carbocycles. The van der Waals surface area contributed by atoms with Crippen molar-refractivity contribution in [1.29, 1.82) is 0 Å². The summed E-state index contributed by atoms with van der Waals surface area (Å²) in [6.07, 6.45) is 3.27.